The molecule has 1 aromatic rings. The molecule has 0 fully saturated rings. The van der Waals surface area contributed by atoms with Gasteiger partial charge in [0.15, 0.2) is 0 Å². The van der Waals surface area contributed by atoms with E-state index in [2.05, 4.69) is 15.9 Å². The number of hydrogen-bond donors (Lipinski definition) is 1. The zero-order valence-corrected chi connectivity index (χ0v) is 6.88. The number of hydrogen-bond acceptors (Lipinski definition) is 1. The molecule has 0 unspecified atom stereocenters. The van der Waals surface area contributed by atoms with Gasteiger partial charge < -0.3 is 5.11 Å². The Balaban J connectivity index is 2.89. The van der Waals surface area contributed by atoms with Gasteiger partial charge in [-0.25, -0.2) is 0 Å². The second-order valence-electron chi connectivity index (χ2n) is 1.88. The minimum atomic E-state index is 0.298. The van der Waals surface area contributed by atoms with Crippen molar-refractivity contribution in [3.05, 3.63) is 34.8 Å². The number of rotatable bonds is 1. The van der Waals surface area contributed by atoms with Crippen molar-refractivity contribution >= 4 is 22.0 Å². The largest absolute Gasteiger partial charge is 0.508 e. The molecule has 10 heavy (non-hydrogen) atoms. The average molecular weight is 199 g/mol. The van der Waals surface area contributed by atoms with Crippen LogP contribution in [0.2, 0.25) is 0 Å². The summed E-state index contributed by atoms with van der Waals surface area (Å²) in [6, 6.07) is 6.99. The van der Waals surface area contributed by atoms with Gasteiger partial charge in [0.2, 0.25) is 0 Å². The minimum absolute atomic E-state index is 0.298. The van der Waals surface area contributed by atoms with Gasteiger partial charge in [-0.05, 0) is 28.8 Å². The summed E-state index contributed by atoms with van der Waals surface area (Å²) < 4.78 is 0. The van der Waals surface area contributed by atoms with Gasteiger partial charge in [0.05, 0.1) is 0 Å². The first kappa shape index (κ1) is 7.35. The lowest BCUT2D eigenvalue weighted by molar-refractivity contribution is 0.475. The van der Waals surface area contributed by atoms with Crippen LogP contribution < -0.4 is 0 Å². The lowest BCUT2D eigenvalue weighted by atomic mass is 10.2. The standard InChI is InChI=1S/C8H7BrO/c9-6-5-7-1-3-8(10)4-2-7/h1-6,10H/b6-5+. The normalized spacial score (nSPS) is 10.5. The highest BCUT2D eigenvalue weighted by Gasteiger charge is 1.85. The summed E-state index contributed by atoms with van der Waals surface area (Å²) in [6.45, 7) is 0. The van der Waals surface area contributed by atoms with Crippen molar-refractivity contribution in [2.24, 2.45) is 0 Å². The molecule has 0 aliphatic rings. The third-order valence-electron chi connectivity index (χ3n) is 1.15. The van der Waals surface area contributed by atoms with E-state index in [0.717, 1.165) is 5.56 Å². The van der Waals surface area contributed by atoms with Gasteiger partial charge in [-0.1, -0.05) is 28.1 Å². The SMILES string of the molecule is Oc1ccc(/C=C/Br)cc1. The first-order valence-electron chi connectivity index (χ1n) is 2.89. The summed E-state index contributed by atoms with van der Waals surface area (Å²) in [4.78, 5) is 1.78. The highest BCUT2D eigenvalue weighted by Crippen LogP contribution is 2.10. The van der Waals surface area contributed by atoms with Gasteiger partial charge in [-0.15, -0.1) is 0 Å². The van der Waals surface area contributed by atoms with Crippen LogP contribution in [0.25, 0.3) is 6.08 Å². The second-order valence-corrected chi connectivity index (χ2v) is 2.41. The van der Waals surface area contributed by atoms with Crippen LogP contribution in [0.15, 0.2) is 29.3 Å². The molecule has 1 rings (SSSR count). The van der Waals surface area contributed by atoms with E-state index in [-0.39, 0.29) is 0 Å². The number of benzene rings is 1. The van der Waals surface area contributed by atoms with Gasteiger partial charge in [0.25, 0.3) is 0 Å². The molecule has 2 heteroatoms. The van der Waals surface area contributed by atoms with Crippen molar-refractivity contribution in [2.45, 2.75) is 0 Å². The zero-order chi connectivity index (χ0) is 7.40. The predicted molar refractivity (Wildman–Crippen MR) is 46.1 cm³/mol. The maximum atomic E-state index is 8.89. The lowest BCUT2D eigenvalue weighted by Gasteiger charge is -1.91. The monoisotopic (exact) mass is 198 g/mol. The van der Waals surface area contributed by atoms with Crippen LogP contribution >= 0.6 is 15.9 Å². The highest BCUT2D eigenvalue weighted by atomic mass is 79.9. The second kappa shape index (κ2) is 3.42. The molecule has 52 valence electrons. The number of phenolic OH excluding ortho intramolecular Hbond substituents is 1. The molecule has 0 radical (unpaired) electrons. The number of aromatic hydroxyl groups is 1. The van der Waals surface area contributed by atoms with Crippen LogP contribution in [0.4, 0.5) is 0 Å². The molecule has 1 N–H and O–H groups in total. The van der Waals surface area contributed by atoms with Gasteiger partial charge >= 0.3 is 0 Å². The summed E-state index contributed by atoms with van der Waals surface area (Å²) in [5.41, 5.74) is 1.06. The summed E-state index contributed by atoms with van der Waals surface area (Å²) in [6.07, 6.45) is 1.90. The van der Waals surface area contributed by atoms with E-state index in [4.69, 9.17) is 5.11 Å². The summed E-state index contributed by atoms with van der Waals surface area (Å²) >= 11 is 3.16. The van der Waals surface area contributed by atoms with E-state index < -0.39 is 0 Å². The topological polar surface area (TPSA) is 20.2 Å². The fraction of sp³-hybridized carbons (Fsp3) is 0. The molecule has 0 atom stereocenters. The summed E-state index contributed by atoms with van der Waals surface area (Å²) in [5, 5.41) is 8.89. The molecule has 1 nitrogen and oxygen atoms in total. The van der Waals surface area contributed by atoms with Gasteiger partial charge in [0.1, 0.15) is 5.75 Å². The Hall–Kier alpha value is -0.760. The minimum Gasteiger partial charge on any atom is -0.508 e. The van der Waals surface area contributed by atoms with E-state index in [1.165, 1.54) is 0 Å². The van der Waals surface area contributed by atoms with Crippen molar-refractivity contribution in [3.8, 4) is 5.75 Å². The van der Waals surface area contributed by atoms with Crippen LogP contribution in [0.3, 0.4) is 0 Å². The maximum Gasteiger partial charge on any atom is 0.115 e. The molecule has 0 amide bonds. The Morgan fingerprint density at radius 2 is 1.80 bits per heavy atom. The van der Waals surface area contributed by atoms with E-state index in [1.807, 2.05) is 18.2 Å². The van der Waals surface area contributed by atoms with Crippen LogP contribution in [0, 0.1) is 0 Å². The van der Waals surface area contributed by atoms with Gasteiger partial charge in [0, 0.05) is 0 Å². The quantitative estimate of drug-likeness (QED) is 0.737. The molecule has 0 heterocycles. The van der Waals surface area contributed by atoms with Crippen molar-refractivity contribution in [2.75, 3.05) is 0 Å². The average Bonchev–Trinajstić information content (AvgIpc) is 1.95. The molecule has 1 aromatic carbocycles. The summed E-state index contributed by atoms with van der Waals surface area (Å²) in [7, 11) is 0. The summed E-state index contributed by atoms with van der Waals surface area (Å²) in [5.74, 6) is 0.298. The van der Waals surface area contributed by atoms with Crippen LogP contribution in [-0.2, 0) is 0 Å². The molecular weight excluding hydrogens is 192 g/mol. The molecule has 0 saturated heterocycles. The van der Waals surface area contributed by atoms with E-state index in [1.54, 1.807) is 17.1 Å². The maximum absolute atomic E-state index is 8.89. The van der Waals surface area contributed by atoms with Crippen LogP contribution in [0.5, 0.6) is 5.75 Å². The first-order valence-corrected chi connectivity index (χ1v) is 3.80. The Kier molecular flexibility index (Phi) is 2.51. The fourth-order valence-corrected chi connectivity index (χ4v) is 0.963. The fourth-order valence-electron chi connectivity index (χ4n) is 0.658. The van der Waals surface area contributed by atoms with Crippen molar-refractivity contribution in [3.63, 3.8) is 0 Å². The van der Waals surface area contributed by atoms with Crippen LogP contribution in [0.1, 0.15) is 5.56 Å². The zero-order valence-electron chi connectivity index (χ0n) is 5.29. The van der Waals surface area contributed by atoms with Crippen molar-refractivity contribution in [1.29, 1.82) is 0 Å². The Morgan fingerprint density at radius 1 is 1.20 bits per heavy atom. The Bertz CT molecular complexity index is 226. The van der Waals surface area contributed by atoms with Gasteiger partial charge in [-0.2, -0.15) is 0 Å². The third-order valence-corrected chi connectivity index (χ3v) is 1.41. The predicted octanol–water partition coefficient (Wildman–Crippen LogP) is 2.76. The van der Waals surface area contributed by atoms with Gasteiger partial charge in [-0.3, -0.25) is 0 Å². The molecule has 0 saturated carbocycles. The molecule has 0 aromatic heterocycles. The molecule has 0 aliphatic carbocycles. The Labute approximate surface area is 68.1 Å². The first-order chi connectivity index (χ1) is 4.83. The molecule has 0 aliphatic heterocycles. The van der Waals surface area contributed by atoms with E-state index >= 15 is 0 Å². The molecule has 0 bridgehead atoms. The van der Waals surface area contributed by atoms with Crippen LogP contribution in [-0.4, -0.2) is 5.11 Å². The smallest absolute Gasteiger partial charge is 0.115 e. The highest BCUT2D eigenvalue weighted by molar-refractivity contribution is 9.11. The third kappa shape index (κ3) is 1.88. The van der Waals surface area contributed by atoms with Crippen molar-refractivity contribution in [1.82, 2.24) is 0 Å². The lowest BCUT2D eigenvalue weighted by Crippen LogP contribution is -1.67. The molecule has 0 spiro atoms. The molecular formula is C8H7BrO. The van der Waals surface area contributed by atoms with E-state index in [0.29, 0.717) is 5.75 Å². The Morgan fingerprint density at radius 3 is 2.30 bits per heavy atom. The van der Waals surface area contributed by atoms with Crippen molar-refractivity contribution < 1.29 is 5.11 Å². The number of phenols is 1. The van der Waals surface area contributed by atoms with E-state index in [9.17, 15) is 0 Å². The number of halogens is 1.